The molecule has 0 fully saturated rings. The van der Waals surface area contributed by atoms with Gasteiger partial charge in [-0.1, -0.05) is 48.5 Å². The molecule has 2 N–H and O–H groups in total. The van der Waals surface area contributed by atoms with Crippen LogP contribution in [0.5, 0.6) is 11.5 Å². The van der Waals surface area contributed by atoms with Crippen molar-refractivity contribution in [3.8, 4) is 11.5 Å². The number of rotatable bonds is 7. The third-order valence-electron chi connectivity index (χ3n) is 4.10. The molecule has 3 aromatic rings. The van der Waals surface area contributed by atoms with Gasteiger partial charge in [-0.2, -0.15) is 5.10 Å². The van der Waals surface area contributed by atoms with Crippen LogP contribution in [-0.4, -0.2) is 19.9 Å². The Bertz CT molecular complexity index is 867. The summed E-state index contributed by atoms with van der Waals surface area (Å²) in [6, 6.07) is 20.4. The predicted octanol–water partition coefficient (Wildman–Crippen LogP) is 4.57. The van der Waals surface area contributed by atoms with Gasteiger partial charge in [-0.05, 0) is 41.5 Å². The number of nitrogens with zero attached hydrogens (tertiary/aromatic N) is 1. The lowest BCUT2D eigenvalue weighted by atomic mass is 10.1. The molecule has 4 nitrogen and oxygen atoms in total. The molecule has 26 heavy (non-hydrogen) atoms. The smallest absolute Gasteiger partial charge is 0.168 e. The summed E-state index contributed by atoms with van der Waals surface area (Å²) in [6.07, 6.45) is 3.55. The zero-order chi connectivity index (χ0) is 17.5. The highest BCUT2D eigenvalue weighted by Gasteiger charge is 2.10. The standard InChI is InChI=1S/C21H22N2O2.ClH/c1-24-20-12-11-18-10-9-17(15-23-22)14-19(18)21(20)25-13-5-8-16-6-3-2-4-7-16;/h2-4,6-7,9-12,14-15H,5,8,13,22H2,1H3;1H. The molecule has 0 aromatic heterocycles. The van der Waals surface area contributed by atoms with Gasteiger partial charge in [0.05, 0.1) is 19.9 Å². The van der Waals surface area contributed by atoms with E-state index in [-0.39, 0.29) is 12.4 Å². The Kier molecular flexibility index (Phi) is 7.30. The first-order valence-corrected chi connectivity index (χ1v) is 8.32. The molecule has 0 radical (unpaired) electrons. The van der Waals surface area contributed by atoms with Gasteiger partial charge in [0.1, 0.15) is 0 Å². The minimum Gasteiger partial charge on any atom is -0.493 e. The molecule has 0 spiro atoms. The minimum absolute atomic E-state index is 0. The number of hydrazone groups is 1. The van der Waals surface area contributed by atoms with Gasteiger partial charge in [0, 0.05) is 5.39 Å². The third kappa shape index (κ3) is 4.67. The molecule has 0 bridgehead atoms. The Morgan fingerprint density at radius 1 is 1.04 bits per heavy atom. The molecule has 0 aliphatic heterocycles. The van der Waals surface area contributed by atoms with Crippen molar-refractivity contribution in [2.45, 2.75) is 12.8 Å². The van der Waals surface area contributed by atoms with Crippen molar-refractivity contribution < 1.29 is 9.47 Å². The largest absolute Gasteiger partial charge is 0.493 e. The van der Waals surface area contributed by atoms with Crippen LogP contribution >= 0.6 is 12.4 Å². The van der Waals surface area contributed by atoms with Gasteiger partial charge in [0.2, 0.25) is 0 Å². The second-order valence-corrected chi connectivity index (χ2v) is 5.79. The molecule has 0 heterocycles. The number of fused-ring (bicyclic) bond motifs is 1. The van der Waals surface area contributed by atoms with Crippen LogP contribution in [0.15, 0.2) is 65.8 Å². The summed E-state index contributed by atoms with van der Waals surface area (Å²) in [5.41, 5.74) is 2.25. The molecule has 0 saturated heterocycles. The van der Waals surface area contributed by atoms with E-state index in [0.29, 0.717) is 6.61 Å². The van der Waals surface area contributed by atoms with Crippen LogP contribution in [0.25, 0.3) is 10.8 Å². The Balaban J connectivity index is 0.00000243. The van der Waals surface area contributed by atoms with Crippen LogP contribution in [-0.2, 0) is 6.42 Å². The SMILES string of the molecule is COc1ccc2ccc(C=NN)cc2c1OCCCc1ccccc1.Cl. The van der Waals surface area contributed by atoms with Crippen molar-refractivity contribution in [2.24, 2.45) is 10.9 Å². The van der Waals surface area contributed by atoms with Crippen LogP contribution in [0.4, 0.5) is 0 Å². The van der Waals surface area contributed by atoms with Crippen LogP contribution in [0.3, 0.4) is 0 Å². The number of methoxy groups -OCH3 is 1. The lowest BCUT2D eigenvalue weighted by Gasteiger charge is -2.14. The number of hydrogen-bond donors (Lipinski definition) is 1. The van der Waals surface area contributed by atoms with E-state index in [1.807, 2.05) is 36.4 Å². The Labute approximate surface area is 160 Å². The maximum absolute atomic E-state index is 6.10. The number of benzene rings is 3. The molecule has 5 heteroatoms. The molecule has 0 unspecified atom stereocenters. The molecular weight excluding hydrogens is 348 g/mol. The highest BCUT2D eigenvalue weighted by Crippen LogP contribution is 2.36. The first-order chi connectivity index (χ1) is 12.3. The number of halogens is 1. The summed E-state index contributed by atoms with van der Waals surface area (Å²) in [4.78, 5) is 0. The normalized spacial score (nSPS) is 10.7. The summed E-state index contributed by atoms with van der Waals surface area (Å²) < 4.78 is 11.6. The quantitative estimate of drug-likeness (QED) is 0.287. The first kappa shape index (κ1) is 19.6. The number of ether oxygens (including phenoxy) is 2. The summed E-state index contributed by atoms with van der Waals surface area (Å²) in [6.45, 7) is 0.625. The average molecular weight is 371 g/mol. The zero-order valence-electron chi connectivity index (χ0n) is 14.7. The summed E-state index contributed by atoms with van der Waals surface area (Å²) in [7, 11) is 1.66. The van der Waals surface area contributed by atoms with Crippen molar-refractivity contribution >= 4 is 29.4 Å². The lowest BCUT2D eigenvalue weighted by Crippen LogP contribution is -2.02. The van der Waals surface area contributed by atoms with Crippen molar-refractivity contribution in [1.82, 2.24) is 0 Å². The maximum atomic E-state index is 6.10. The van der Waals surface area contributed by atoms with Gasteiger partial charge in [-0.15, -0.1) is 12.4 Å². The molecule has 136 valence electrons. The van der Waals surface area contributed by atoms with Gasteiger partial charge in [-0.25, -0.2) is 0 Å². The fourth-order valence-corrected chi connectivity index (χ4v) is 2.86. The van der Waals surface area contributed by atoms with E-state index in [1.165, 1.54) is 5.56 Å². The fourth-order valence-electron chi connectivity index (χ4n) is 2.86. The Hall–Kier alpha value is -2.72. The van der Waals surface area contributed by atoms with Crippen molar-refractivity contribution in [1.29, 1.82) is 0 Å². The highest BCUT2D eigenvalue weighted by atomic mass is 35.5. The molecular formula is C21H23ClN2O2. The summed E-state index contributed by atoms with van der Waals surface area (Å²) in [5.74, 6) is 6.76. The Morgan fingerprint density at radius 2 is 1.81 bits per heavy atom. The van der Waals surface area contributed by atoms with Gasteiger partial charge < -0.3 is 15.3 Å². The third-order valence-corrected chi connectivity index (χ3v) is 4.10. The zero-order valence-corrected chi connectivity index (χ0v) is 15.5. The van der Waals surface area contributed by atoms with E-state index in [1.54, 1.807) is 13.3 Å². The lowest BCUT2D eigenvalue weighted by molar-refractivity contribution is 0.293. The maximum Gasteiger partial charge on any atom is 0.168 e. The van der Waals surface area contributed by atoms with Crippen LogP contribution in [0, 0.1) is 0 Å². The number of nitrogens with two attached hydrogens (primary N) is 1. The van der Waals surface area contributed by atoms with Crippen molar-refractivity contribution in [3.05, 3.63) is 71.8 Å². The van der Waals surface area contributed by atoms with Crippen LogP contribution in [0.1, 0.15) is 17.5 Å². The van der Waals surface area contributed by atoms with Crippen LogP contribution in [0.2, 0.25) is 0 Å². The summed E-state index contributed by atoms with van der Waals surface area (Å²) >= 11 is 0. The van der Waals surface area contributed by atoms with Crippen molar-refractivity contribution in [3.63, 3.8) is 0 Å². The van der Waals surface area contributed by atoms with Gasteiger partial charge in [0.15, 0.2) is 11.5 Å². The predicted molar refractivity (Wildman–Crippen MR) is 110 cm³/mol. The monoisotopic (exact) mass is 370 g/mol. The van der Waals surface area contributed by atoms with E-state index < -0.39 is 0 Å². The van der Waals surface area contributed by atoms with E-state index in [0.717, 1.165) is 40.7 Å². The van der Waals surface area contributed by atoms with Gasteiger partial charge in [-0.3, -0.25) is 0 Å². The number of hydrogen-bond acceptors (Lipinski definition) is 4. The molecule has 0 amide bonds. The fraction of sp³-hybridized carbons (Fsp3) is 0.190. The molecule has 3 aromatic carbocycles. The topological polar surface area (TPSA) is 56.8 Å². The van der Waals surface area contributed by atoms with E-state index in [2.05, 4.69) is 29.4 Å². The van der Waals surface area contributed by atoms with Crippen LogP contribution < -0.4 is 15.3 Å². The highest BCUT2D eigenvalue weighted by molar-refractivity contribution is 5.95. The molecule has 0 aliphatic rings. The molecule has 0 saturated carbocycles. The first-order valence-electron chi connectivity index (χ1n) is 8.32. The second kappa shape index (κ2) is 9.68. The van der Waals surface area contributed by atoms with E-state index in [4.69, 9.17) is 15.3 Å². The van der Waals surface area contributed by atoms with Crippen molar-refractivity contribution in [2.75, 3.05) is 13.7 Å². The van der Waals surface area contributed by atoms with E-state index >= 15 is 0 Å². The minimum atomic E-state index is 0. The number of aryl methyl sites for hydroxylation is 1. The summed E-state index contributed by atoms with van der Waals surface area (Å²) in [5, 5.41) is 5.68. The molecule has 3 rings (SSSR count). The average Bonchev–Trinajstić information content (AvgIpc) is 2.66. The molecule has 0 aliphatic carbocycles. The van der Waals surface area contributed by atoms with Gasteiger partial charge in [0.25, 0.3) is 0 Å². The Morgan fingerprint density at radius 3 is 2.54 bits per heavy atom. The van der Waals surface area contributed by atoms with Gasteiger partial charge >= 0.3 is 0 Å². The molecule has 0 atom stereocenters. The second-order valence-electron chi connectivity index (χ2n) is 5.79. The van der Waals surface area contributed by atoms with E-state index in [9.17, 15) is 0 Å².